The number of hydrogen-bond acceptors (Lipinski definition) is 7. The van der Waals surface area contributed by atoms with E-state index in [1.165, 1.54) is 0 Å². The van der Waals surface area contributed by atoms with Gasteiger partial charge in [0.1, 0.15) is 31.1 Å². The average molecular weight is 415 g/mol. The first-order chi connectivity index (χ1) is 12.2. The smallest absolute Gasteiger partial charge is 0.165 e. The van der Waals surface area contributed by atoms with E-state index in [0.717, 1.165) is 47.2 Å². The van der Waals surface area contributed by atoms with Gasteiger partial charge < -0.3 is 25.3 Å². The summed E-state index contributed by atoms with van der Waals surface area (Å²) in [6, 6.07) is 6.12. The van der Waals surface area contributed by atoms with Gasteiger partial charge in [-0.25, -0.2) is 9.97 Å². The quantitative estimate of drug-likeness (QED) is 0.776. The number of ether oxygens (including phenoxy) is 3. The Balaban J connectivity index is 0.00000131. The van der Waals surface area contributed by atoms with Gasteiger partial charge in [0.15, 0.2) is 11.5 Å². The molecule has 9 heteroatoms. The second kappa shape index (κ2) is 9.30. The maximum Gasteiger partial charge on any atom is 0.165 e. The fourth-order valence-electron chi connectivity index (χ4n) is 3.22. The van der Waals surface area contributed by atoms with Crippen molar-refractivity contribution >= 4 is 30.6 Å². The van der Waals surface area contributed by atoms with Crippen molar-refractivity contribution in [3.63, 3.8) is 0 Å². The summed E-state index contributed by atoms with van der Waals surface area (Å²) in [5.74, 6) is 3.47. The number of aromatic nitrogens is 2. The van der Waals surface area contributed by atoms with E-state index in [1.807, 2.05) is 18.2 Å². The van der Waals surface area contributed by atoms with Crippen molar-refractivity contribution in [3.05, 3.63) is 35.8 Å². The third-order valence-electron chi connectivity index (χ3n) is 4.69. The number of fused-ring (bicyclic) bond motifs is 1. The van der Waals surface area contributed by atoms with Crippen molar-refractivity contribution in [1.82, 2.24) is 9.97 Å². The van der Waals surface area contributed by atoms with Crippen molar-refractivity contribution in [2.75, 3.05) is 25.6 Å². The molecule has 2 aliphatic rings. The van der Waals surface area contributed by atoms with Crippen molar-refractivity contribution in [1.29, 1.82) is 0 Å². The molecule has 1 fully saturated rings. The van der Waals surface area contributed by atoms with Gasteiger partial charge in [0.05, 0.1) is 7.11 Å². The maximum atomic E-state index is 5.87. The molecule has 0 bridgehead atoms. The second-order valence-corrected chi connectivity index (χ2v) is 6.42. The minimum atomic E-state index is 0. The zero-order valence-corrected chi connectivity index (χ0v) is 16.6. The topological polar surface area (TPSA) is 91.5 Å². The third kappa shape index (κ3) is 4.66. The number of hydrogen-bond donors (Lipinski definition) is 2. The fourth-order valence-corrected chi connectivity index (χ4v) is 3.22. The fraction of sp³-hybridized carbons (Fsp3) is 0.444. The van der Waals surface area contributed by atoms with Crippen molar-refractivity contribution in [3.8, 4) is 17.2 Å². The van der Waals surface area contributed by atoms with E-state index >= 15 is 0 Å². The van der Waals surface area contributed by atoms with E-state index in [1.54, 1.807) is 13.4 Å². The van der Waals surface area contributed by atoms with Crippen LogP contribution in [0.1, 0.15) is 30.0 Å². The van der Waals surface area contributed by atoms with Gasteiger partial charge in [0, 0.05) is 41.9 Å². The number of halogens is 2. The number of nitrogens with zero attached hydrogens (tertiary/aromatic N) is 2. The van der Waals surface area contributed by atoms with Crippen LogP contribution in [-0.4, -0.2) is 36.3 Å². The van der Waals surface area contributed by atoms with Crippen LogP contribution in [0.4, 0.5) is 5.82 Å². The maximum absolute atomic E-state index is 5.87. The Morgan fingerprint density at radius 1 is 1.11 bits per heavy atom. The zero-order chi connectivity index (χ0) is 17.2. The Labute approximate surface area is 170 Å². The third-order valence-corrected chi connectivity index (χ3v) is 4.69. The van der Waals surface area contributed by atoms with E-state index in [-0.39, 0.29) is 24.8 Å². The molecule has 7 nitrogen and oxygen atoms in total. The van der Waals surface area contributed by atoms with Gasteiger partial charge in [0.25, 0.3) is 0 Å². The molecule has 2 aromatic rings. The lowest BCUT2D eigenvalue weighted by molar-refractivity contribution is 0.170. The molecule has 0 radical (unpaired) electrons. The summed E-state index contributed by atoms with van der Waals surface area (Å²) in [5.41, 5.74) is 7.90. The minimum Gasteiger partial charge on any atom is -0.496 e. The molecule has 1 aliphatic heterocycles. The van der Waals surface area contributed by atoms with Crippen LogP contribution in [0.5, 0.6) is 17.2 Å². The normalized spacial score (nSPS) is 19.8. The Morgan fingerprint density at radius 2 is 1.81 bits per heavy atom. The summed E-state index contributed by atoms with van der Waals surface area (Å²) < 4.78 is 16.7. The van der Waals surface area contributed by atoms with Crippen molar-refractivity contribution < 1.29 is 14.2 Å². The molecule has 0 unspecified atom stereocenters. The lowest BCUT2D eigenvalue weighted by atomic mass is 9.79. The van der Waals surface area contributed by atoms with E-state index in [4.69, 9.17) is 19.9 Å². The second-order valence-electron chi connectivity index (χ2n) is 6.42. The van der Waals surface area contributed by atoms with Crippen LogP contribution in [0.3, 0.4) is 0 Å². The number of methoxy groups -OCH3 is 1. The van der Waals surface area contributed by atoms with Crippen LogP contribution in [0.15, 0.2) is 24.5 Å². The lowest BCUT2D eigenvalue weighted by Crippen LogP contribution is -2.35. The van der Waals surface area contributed by atoms with Gasteiger partial charge in [-0.05, 0) is 18.9 Å². The summed E-state index contributed by atoms with van der Waals surface area (Å²) in [6.07, 6.45) is 3.58. The van der Waals surface area contributed by atoms with Gasteiger partial charge in [-0.2, -0.15) is 0 Å². The highest BCUT2D eigenvalue weighted by Crippen LogP contribution is 2.37. The molecule has 2 heterocycles. The molecule has 1 aliphatic carbocycles. The number of nitrogens with two attached hydrogens (primary N) is 1. The summed E-state index contributed by atoms with van der Waals surface area (Å²) in [7, 11) is 1.65. The zero-order valence-electron chi connectivity index (χ0n) is 15.0. The van der Waals surface area contributed by atoms with Crippen LogP contribution >= 0.6 is 24.8 Å². The number of rotatable bonds is 5. The monoisotopic (exact) mass is 414 g/mol. The van der Waals surface area contributed by atoms with Crippen molar-refractivity contribution in [2.24, 2.45) is 5.73 Å². The lowest BCUT2D eigenvalue weighted by Gasteiger charge is -2.31. The predicted octanol–water partition coefficient (Wildman–Crippen LogP) is 2.92. The van der Waals surface area contributed by atoms with Crippen LogP contribution in [0, 0.1) is 0 Å². The number of anilines is 1. The van der Waals surface area contributed by atoms with E-state index in [0.29, 0.717) is 31.7 Å². The SMILES string of the molecule is COc1cc2c(cc1CNc1cc(C3CC(N)C3)ncn1)OCCO2.Cl.Cl. The number of nitrogens with one attached hydrogen (secondary N) is 1. The highest BCUT2D eigenvalue weighted by atomic mass is 35.5. The van der Waals surface area contributed by atoms with E-state index in [9.17, 15) is 0 Å². The molecule has 0 spiro atoms. The molecule has 148 valence electrons. The van der Waals surface area contributed by atoms with Crippen molar-refractivity contribution in [2.45, 2.75) is 31.3 Å². The molecule has 0 atom stereocenters. The Kier molecular flexibility index (Phi) is 7.35. The van der Waals surface area contributed by atoms with E-state index < -0.39 is 0 Å². The predicted molar refractivity (Wildman–Crippen MR) is 108 cm³/mol. The molecule has 0 amide bonds. The van der Waals surface area contributed by atoms with Gasteiger partial charge in [-0.1, -0.05) is 0 Å². The Morgan fingerprint density at radius 3 is 2.48 bits per heavy atom. The van der Waals surface area contributed by atoms with E-state index in [2.05, 4.69) is 15.3 Å². The Bertz CT molecular complexity index is 772. The molecule has 1 aromatic heterocycles. The van der Waals surface area contributed by atoms with Crippen LogP contribution in [0.2, 0.25) is 0 Å². The first-order valence-corrected chi connectivity index (χ1v) is 8.51. The van der Waals surface area contributed by atoms with Gasteiger partial charge in [-0.15, -0.1) is 24.8 Å². The Hall–Kier alpha value is -1.96. The minimum absolute atomic E-state index is 0. The molecule has 0 saturated heterocycles. The van der Waals surface area contributed by atoms with Crippen LogP contribution < -0.4 is 25.3 Å². The molecular weight excluding hydrogens is 391 g/mol. The summed E-state index contributed by atoms with van der Waals surface area (Å²) in [5, 5.41) is 3.34. The van der Waals surface area contributed by atoms with Gasteiger partial charge in [-0.3, -0.25) is 0 Å². The highest BCUT2D eigenvalue weighted by molar-refractivity contribution is 5.85. The van der Waals surface area contributed by atoms with Crippen LogP contribution in [0.25, 0.3) is 0 Å². The molecular formula is C18H24Cl2N4O3. The molecule has 3 N–H and O–H groups in total. The summed E-state index contributed by atoms with van der Waals surface area (Å²) >= 11 is 0. The first kappa shape index (κ1) is 21.3. The number of benzene rings is 1. The van der Waals surface area contributed by atoms with Crippen LogP contribution in [-0.2, 0) is 6.54 Å². The molecule has 1 aromatic carbocycles. The summed E-state index contributed by atoms with van der Waals surface area (Å²) in [6.45, 7) is 1.69. The molecule has 4 rings (SSSR count). The van der Waals surface area contributed by atoms with Gasteiger partial charge in [0.2, 0.25) is 0 Å². The largest absolute Gasteiger partial charge is 0.496 e. The molecule has 27 heavy (non-hydrogen) atoms. The standard InChI is InChI=1S/C18H22N4O3.2ClH/c1-23-15-8-17-16(24-2-3-25-17)6-12(15)9-20-18-7-14(21-10-22-18)11-4-13(19)5-11;;/h6-8,10-11,13H,2-5,9,19H2,1H3,(H,20,21,22);2*1H. The highest BCUT2D eigenvalue weighted by Gasteiger charge is 2.28. The molecule has 1 saturated carbocycles. The summed E-state index contributed by atoms with van der Waals surface area (Å²) in [4.78, 5) is 8.68. The van der Waals surface area contributed by atoms with Gasteiger partial charge >= 0.3 is 0 Å². The first-order valence-electron chi connectivity index (χ1n) is 8.51. The average Bonchev–Trinajstić information content (AvgIpc) is 2.63.